The van der Waals surface area contributed by atoms with Crippen molar-refractivity contribution in [2.24, 2.45) is 0 Å². The van der Waals surface area contributed by atoms with Gasteiger partial charge in [0.1, 0.15) is 0 Å². The summed E-state index contributed by atoms with van der Waals surface area (Å²) >= 11 is 1.22. The van der Waals surface area contributed by atoms with E-state index in [2.05, 4.69) is 4.72 Å². The van der Waals surface area contributed by atoms with Gasteiger partial charge in [-0.25, -0.2) is 13.1 Å². The van der Waals surface area contributed by atoms with Gasteiger partial charge in [-0.05, 0) is 36.4 Å². The first-order valence-corrected chi connectivity index (χ1v) is 10.9. The molecule has 28 heavy (non-hydrogen) atoms. The van der Waals surface area contributed by atoms with Crippen LogP contribution in [0.5, 0.6) is 11.5 Å². The molecule has 0 aliphatic carbocycles. The van der Waals surface area contributed by atoms with Crippen LogP contribution in [0.2, 0.25) is 0 Å². The number of ether oxygens (including phenoxy) is 2. The van der Waals surface area contributed by atoms with E-state index in [1.54, 1.807) is 30.3 Å². The number of hydrogen-bond donors (Lipinski definition) is 1. The van der Waals surface area contributed by atoms with E-state index in [4.69, 9.17) is 13.9 Å². The Morgan fingerprint density at radius 3 is 2.68 bits per heavy atom. The first-order valence-electron chi connectivity index (χ1n) is 8.59. The third-order valence-corrected chi connectivity index (χ3v) is 6.58. The summed E-state index contributed by atoms with van der Waals surface area (Å²) in [6.07, 6.45) is 2.18. The number of carbonyl (C=O) groups excluding carboxylic acids is 1. The number of rotatable bonds is 6. The average Bonchev–Trinajstić information content (AvgIpc) is 3.34. The molecular weight excluding hydrogens is 402 g/mol. The lowest BCUT2D eigenvalue weighted by Crippen LogP contribution is -2.22. The number of fused-ring (bicyclic) bond motifs is 1. The lowest BCUT2D eigenvalue weighted by Gasteiger charge is -2.10. The Morgan fingerprint density at radius 1 is 1.07 bits per heavy atom. The number of thiophene rings is 1. The maximum absolute atomic E-state index is 12.6. The lowest BCUT2D eigenvalue weighted by molar-refractivity contribution is 0.101. The SMILES string of the molecule is O=C(c1ccco1)c1ccc(CNS(=O)(=O)c2ccc3c(c2)OCCCO3)s1. The fraction of sp³-hybridized carbons (Fsp3) is 0.211. The Labute approximate surface area is 165 Å². The minimum absolute atomic E-state index is 0.0763. The third kappa shape index (κ3) is 3.96. The standard InChI is InChI=1S/C19H17NO6S2/c21-19(16-3-1-8-25-16)18-7-4-13(27-18)12-20-28(22,23)14-5-6-15-17(11-14)26-10-2-9-24-15/h1,3-8,11,20H,2,9-10,12H2. The van der Waals surface area contributed by atoms with Gasteiger partial charge in [-0.2, -0.15) is 0 Å². The molecule has 0 saturated carbocycles. The third-order valence-electron chi connectivity index (χ3n) is 4.10. The van der Waals surface area contributed by atoms with Gasteiger partial charge < -0.3 is 13.9 Å². The van der Waals surface area contributed by atoms with Crippen molar-refractivity contribution in [3.05, 3.63) is 64.2 Å². The molecule has 0 amide bonds. The minimum atomic E-state index is -3.74. The molecule has 7 nitrogen and oxygen atoms in total. The maximum atomic E-state index is 12.6. The van der Waals surface area contributed by atoms with Crippen LogP contribution in [0.1, 0.15) is 26.7 Å². The van der Waals surface area contributed by atoms with Crippen LogP contribution in [-0.4, -0.2) is 27.4 Å². The Kier molecular flexibility index (Phi) is 5.21. The van der Waals surface area contributed by atoms with E-state index in [1.165, 1.54) is 29.7 Å². The maximum Gasteiger partial charge on any atom is 0.241 e. The highest BCUT2D eigenvalue weighted by atomic mass is 32.2. The molecule has 146 valence electrons. The highest BCUT2D eigenvalue weighted by Crippen LogP contribution is 2.32. The zero-order chi connectivity index (χ0) is 19.6. The monoisotopic (exact) mass is 419 g/mol. The van der Waals surface area contributed by atoms with Crippen molar-refractivity contribution in [3.63, 3.8) is 0 Å². The summed E-state index contributed by atoms with van der Waals surface area (Å²) in [5.41, 5.74) is 0. The van der Waals surface area contributed by atoms with E-state index < -0.39 is 10.0 Å². The molecule has 2 aromatic heterocycles. The zero-order valence-electron chi connectivity index (χ0n) is 14.7. The molecule has 1 aliphatic heterocycles. The fourth-order valence-corrected chi connectivity index (χ4v) is 4.69. The lowest BCUT2D eigenvalue weighted by atomic mass is 10.2. The van der Waals surface area contributed by atoms with E-state index in [9.17, 15) is 13.2 Å². The average molecular weight is 419 g/mol. The van der Waals surface area contributed by atoms with Crippen molar-refractivity contribution in [2.75, 3.05) is 13.2 Å². The predicted molar refractivity (Wildman–Crippen MR) is 103 cm³/mol. The number of sulfonamides is 1. The van der Waals surface area contributed by atoms with Gasteiger partial charge in [0.15, 0.2) is 17.3 Å². The van der Waals surface area contributed by atoms with Crippen molar-refractivity contribution in [1.29, 1.82) is 0 Å². The minimum Gasteiger partial charge on any atom is -0.490 e. The van der Waals surface area contributed by atoms with Gasteiger partial charge in [-0.15, -0.1) is 11.3 Å². The van der Waals surface area contributed by atoms with Gasteiger partial charge in [0.25, 0.3) is 0 Å². The molecule has 0 bridgehead atoms. The van der Waals surface area contributed by atoms with Gasteiger partial charge in [0.2, 0.25) is 15.8 Å². The summed E-state index contributed by atoms with van der Waals surface area (Å²) < 4.78 is 44.0. The zero-order valence-corrected chi connectivity index (χ0v) is 16.3. The number of nitrogens with one attached hydrogen (secondary N) is 1. The quantitative estimate of drug-likeness (QED) is 0.617. The van der Waals surface area contributed by atoms with Crippen molar-refractivity contribution in [3.8, 4) is 11.5 Å². The molecule has 1 aliphatic rings. The van der Waals surface area contributed by atoms with Crippen LogP contribution >= 0.6 is 11.3 Å². The molecule has 3 aromatic rings. The van der Waals surface area contributed by atoms with E-state index >= 15 is 0 Å². The van der Waals surface area contributed by atoms with Crippen LogP contribution < -0.4 is 14.2 Å². The molecule has 0 fully saturated rings. The molecule has 1 N–H and O–H groups in total. The number of ketones is 1. The summed E-state index contributed by atoms with van der Waals surface area (Å²) in [4.78, 5) is 13.6. The number of furan rings is 1. The molecule has 9 heteroatoms. The van der Waals surface area contributed by atoms with Crippen molar-refractivity contribution in [1.82, 2.24) is 4.72 Å². The summed E-state index contributed by atoms with van der Waals surface area (Å²) in [5.74, 6) is 0.979. The molecule has 0 atom stereocenters. The summed E-state index contributed by atoms with van der Waals surface area (Å²) in [5, 5.41) is 0. The summed E-state index contributed by atoms with van der Waals surface area (Å²) in [6.45, 7) is 1.09. The fourth-order valence-electron chi connectivity index (χ4n) is 2.68. The summed E-state index contributed by atoms with van der Waals surface area (Å²) in [6, 6.07) is 11.2. The second-order valence-corrected chi connectivity index (χ2v) is 8.99. The normalized spacial score (nSPS) is 13.9. The van der Waals surface area contributed by atoms with E-state index in [-0.39, 0.29) is 23.0 Å². The van der Waals surface area contributed by atoms with Crippen molar-refractivity contribution in [2.45, 2.75) is 17.9 Å². The molecule has 0 radical (unpaired) electrons. The predicted octanol–water partition coefficient (Wildman–Crippen LogP) is 3.21. The van der Waals surface area contributed by atoms with Crippen LogP contribution in [-0.2, 0) is 16.6 Å². The number of hydrogen-bond acceptors (Lipinski definition) is 7. The highest BCUT2D eigenvalue weighted by Gasteiger charge is 2.20. The van der Waals surface area contributed by atoms with Crippen LogP contribution in [0.25, 0.3) is 0 Å². The Morgan fingerprint density at radius 2 is 1.89 bits per heavy atom. The van der Waals surface area contributed by atoms with E-state index in [1.807, 2.05) is 0 Å². The molecular formula is C19H17NO6S2. The van der Waals surface area contributed by atoms with E-state index in [0.717, 1.165) is 6.42 Å². The van der Waals surface area contributed by atoms with Crippen LogP contribution in [0.4, 0.5) is 0 Å². The Hall–Kier alpha value is -2.62. The van der Waals surface area contributed by atoms with Crippen LogP contribution in [0.15, 0.2) is 58.0 Å². The van der Waals surface area contributed by atoms with Crippen LogP contribution in [0, 0.1) is 0 Å². The van der Waals surface area contributed by atoms with Gasteiger partial charge in [0.05, 0.1) is 29.2 Å². The Bertz CT molecular complexity index is 1090. The van der Waals surface area contributed by atoms with Gasteiger partial charge in [-0.3, -0.25) is 4.79 Å². The summed E-state index contributed by atoms with van der Waals surface area (Å²) in [7, 11) is -3.74. The van der Waals surface area contributed by atoms with Crippen molar-refractivity contribution >= 4 is 27.1 Å². The molecule has 4 rings (SSSR count). The smallest absolute Gasteiger partial charge is 0.241 e. The largest absolute Gasteiger partial charge is 0.490 e. The van der Waals surface area contributed by atoms with E-state index in [0.29, 0.717) is 34.5 Å². The molecule has 0 unspecified atom stereocenters. The highest BCUT2D eigenvalue weighted by molar-refractivity contribution is 7.89. The molecule has 3 heterocycles. The number of carbonyl (C=O) groups is 1. The number of benzene rings is 1. The van der Waals surface area contributed by atoms with Gasteiger partial charge >= 0.3 is 0 Å². The molecule has 0 saturated heterocycles. The first-order chi connectivity index (χ1) is 13.5. The van der Waals surface area contributed by atoms with Crippen molar-refractivity contribution < 1.29 is 27.1 Å². The molecule has 1 aromatic carbocycles. The van der Waals surface area contributed by atoms with Gasteiger partial charge in [0, 0.05) is 23.9 Å². The Balaban J connectivity index is 1.46. The van der Waals surface area contributed by atoms with Crippen LogP contribution in [0.3, 0.4) is 0 Å². The first kappa shape index (κ1) is 18.7. The second-order valence-electron chi connectivity index (χ2n) is 6.06. The molecule has 0 spiro atoms. The second kappa shape index (κ2) is 7.78. The topological polar surface area (TPSA) is 94.8 Å². The van der Waals surface area contributed by atoms with Gasteiger partial charge in [-0.1, -0.05) is 0 Å².